The summed E-state index contributed by atoms with van der Waals surface area (Å²) in [5.41, 5.74) is 3.60. The first-order valence-electron chi connectivity index (χ1n) is 12.3. The van der Waals surface area contributed by atoms with Crippen LogP contribution in [0.5, 0.6) is 0 Å². The molecule has 0 saturated heterocycles. The van der Waals surface area contributed by atoms with Crippen molar-refractivity contribution in [1.82, 2.24) is 14.9 Å². The van der Waals surface area contributed by atoms with Crippen LogP contribution in [0.3, 0.4) is 0 Å². The largest absolute Gasteiger partial charge is 0.383 e. The topological polar surface area (TPSA) is 50.3 Å². The lowest BCUT2D eigenvalue weighted by atomic mass is 9.82. The monoisotopic (exact) mass is 496 g/mol. The molecule has 35 heavy (non-hydrogen) atoms. The number of pyridine rings is 2. The average Bonchev–Trinajstić information content (AvgIpc) is 2.88. The number of aromatic nitrogens is 2. The van der Waals surface area contributed by atoms with Crippen molar-refractivity contribution in [1.29, 1.82) is 0 Å². The number of likely N-dealkylation sites (N-methyl/N-ethyl adjacent to an activating group) is 1. The third-order valence-electron chi connectivity index (χ3n) is 6.89. The van der Waals surface area contributed by atoms with Crippen molar-refractivity contribution in [2.24, 2.45) is 5.92 Å². The molecule has 1 aliphatic rings. The molecule has 1 aliphatic carbocycles. The summed E-state index contributed by atoms with van der Waals surface area (Å²) in [5.74, 6) is 1.11. The first kappa shape index (κ1) is 25.5. The molecule has 0 amide bonds. The van der Waals surface area contributed by atoms with E-state index in [1.807, 2.05) is 24.3 Å². The Bertz CT molecular complexity index is 1100. The average molecular weight is 497 g/mol. The highest BCUT2D eigenvalue weighted by Gasteiger charge is 2.24. The number of hydrogen-bond donors (Lipinski definition) is 1. The minimum absolute atomic E-state index is 0.242. The molecule has 5 nitrogen and oxygen atoms in total. The van der Waals surface area contributed by atoms with E-state index in [0.29, 0.717) is 23.5 Å². The van der Waals surface area contributed by atoms with Crippen molar-refractivity contribution in [3.05, 3.63) is 76.8 Å². The fourth-order valence-corrected chi connectivity index (χ4v) is 5.02. The van der Waals surface area contributed by atoms with Gasteiger partial charge in [-0.25, -0.2) is 9.37 Å². The van der Waals surface area contributed by atoms with E-state index >= 15 is 0 Å². The second-order valence-electron chi connectivity index (χ2n) is 9.40. The first-order valence-corrected chi connectivity index (χ1v) is 12.7. The van der Waals surface area contributed by atoms with Gasteiger partial charge in [0.25, 0.3) is 0 Å². The van der Waals surface area contributed by atoms with Gasteiger partial charge in [-0.05, 0) is 81.0 Å². The lowest BCUT2D eigenvalue weighted by Crippen LogP contribution is -2.37. The SMILES string of the molecule is COCCN(C)C1CCC(Cc2cc(-c3cccc(NCc4cccc(F)c4)n3)c(Cl)cn2)CC1. The summed E-state index contributed by atoms with van der Waals surface area (Å²) < 4.78 is 18.7. The molecule has 186 valence electrons. The molecule has 0 aliphatic heterocycles. The van der Waals surface area contributed by atoms with Gasteiger partial charge in [0, 0.05) is 43.7 Å². The number of benzene rings is 1. The van der Waals surface area contributed by atoms with Crippen molar-refractivity contribution >= 4 is 17.4 Å². The molecule has 1 fully saturated rings. The summed E-state index contributed by atoms with van der Waals surface area (Å²) in [6.07, 6.45) is 7.54. The first-order chi connectivity index (χ1) is 17.0. The van der Waals surface area contributed by atoms with Gasteiger partial charge in [-0.15, -0.1) is 0 Å². The zero-order valence-electron chi connectivity index (χ0n) is 20.5. The van der Waals surface area contributed by atoms with Crippen molar-refractivity contribution in [2.45, 2.75) is 44.7 Å². The summed E-state index contributed by atoms with van der Waals surface area (Å²) in [5, 5.41) is 3.87. The molecule has 3 aromatic rings. The number of nitrogens with zero attached hydrogens (tertiary/aromatic N) is 3. The molecule has 0 radical (unpaired) electrons. The quantitative estimate of drug-likeness (QED) is 0.360. The number of rotatable bonds is 10. The molecule has 7 heteroatoms. The van der Waals surface area contributed by atoms with Crippen molar-refractivity contribution in [3.63, 3.8) is 0 Å². The zero-order valence-corrected chi connectivity index (χ0v) is 21.3. The minimum Gasteiger partial charge on any atom is -0.383 e. The number of anilines is 1. The maximum absolute atomic E-state index is 13.5. The molecule has 0 spiro atoms. The van der Waals surface area contributed by atoms with Gasteiger partial charge in [-0.2, -0.15) is 0 Å². The van der Waals surface area contributed by atoms with E-state index in [4.69, 9.17) is 21.3 Å². The Hall–Kier alpha value is -2.54. The van der Waals surface area contributed by atoms with Crippen LogP contribution >= 0.6 is 11.6 Å². The van der Waals surface area contributed by atoms with Crippen molar-refractivity contribution in [3.8, 4) is 11.3 Å². The fraction of sp³-hybridized carbons (Fsp3) is 0.429. The molecule has 0 bridgehead atoms. The zero-order chi connectivity index (χ0) is 24.6. The summed E-state index contributed by atoms with van der Waals surface area (Å²) in [4.78, 5) is 11.8. The highest BCUT2D eigenvalue weighted by atomic mass is 35.5. The van der Waals surface area contributed by atoms with Crippen LogP contribution in [-0.4, -0.2) is 48.2 Å². The van der Waals surface area contributed by atoms with E-state index < -0.39 is 0 Å². The summed E-state index contributed by atoms with van der Waals surface area (Å²) in [6.45, 7) is 2.26. The van der Waals surface area contributed by atoms with Crippen molar-refractivity contribution in [2.75, 3.05) is 32.6 Å². The Labute approximate surface area is 212 Å². The Kier molecular flexibility index (Phi) is 9.07. The Balaban J connectivity index is 1.38. The Morgan fingerprint density at radius 2 is 1.91 bits per heavy atom. The van der Waals surface area contributed by atoms with Crippen molar-refractivity contribution < 1.29 is 9.13 Å². The molecule has 1 aromatic carbocycles. The van der Waals surface area contributed by atoms with Gasteiger partial charge >= 0.3 is 0 Å². The third-order valence-corrected chi connectivity index (χ3v) is 7.19. The van der Waals surface area contributed by atoms with Crippen LogP contribution < -0.4 is 5.32 Å². The Morgan fingerprint density at radius 3 is 2.69 bits per heavy atom. The van der Waals surface area contributed by atoms with Gasteiger partial charge in [0.1, 0.15) is 11.6 Å². The van der Waals surface area contributed by atoms with Crippen LogP contribution in [-0.2, 0) is 17.7 Å². The van der Waals surface area contributed by atoms with Crippen LogP contribution in [0.1, 0.15) is 36.9 Å². The molecule has 2 heterocycles. The fourth-order valence-electron chi connectivity index (χ4n) is 4.82. The number of nitrogens with one attached hydrogen (secondary N) is 1. The van der Waals surface area contributed by atoms with E-state index in [1.54, 1.807) is 19.4 Å². The van der Waals surface area contributed by atoms with Gasteiger partial charge in [0.2, 0.25) is 0 Å². The van der Waals surface area contributed by atoms with Crippen LogP contribution in [0.2, 0.25) is 5.02 Å². The smallest absolute Gasteiger partial charge is 0.126 e. The molecule has 4 rings (SSSR count). The normalized spacial score (nSPS) is 18.1. The molecule has 0 atom stereocenters. The van der Waals surface area contributed by atoms with Gasteiger partial charge in [0.15, 0.2) is 0 Å². The number of methoxy groups -OCH3 is 1. The van der Waals surface area contributed by atoms with Gasteiger partial charge in [-0.3, -0.25) is 4.98 Å². The highest BCUT2D eigenvalue weighted by molar-refractivity contribution is 6.33. The number of halogens is 2. The molecular weight excluding hydrogens is 463 g/mol. The van der Waals surface area contributed by atoms with Gasteiger partial charge in [0.05, 0.1) is 17.3 Å². The predicted octanol–water partition coefficient (Wildman–Crippen LogP) is 6.23. The lowest BCUT2D eigenvalue weighted by Gasteiger charge is -2.34. The minimum atomic E-state index is -0.242. The maximum atomic E-state index is 13.5. The lowest BCUT2D eigenvalue weighted by molar-refractivity contribution is 0.113. The highest BCUT2D eigenvalue weighted by Crippen LogP contribution is 2.32. The van der Waals surface area contributed by atoms with Gasteiger partial charge in [-0.1, -0.05) is 29.8 Å². The second-order valence-corrected chi connectivity index (χ2v) is 9.81. The van der Waals surface area contributed by atoms with Crippen LogP contribution in [0, 0.1) is 11.7 Å². The van der Waals surface area contributed by atoms with E-state index in [0.717, 1.165) is 47.9 Å². The molecule has 1 N–H and O–H groups in total. The number of ether oxygens (including phenoxy) is 1. The second kappa shape index (κ2) is 12.4. The molecule has 0 unspecified atom stereocenters. The van der Waals surface area contributed by atoms with Gasteiger partial charge < -0.3 is 15.0 Å². The van der Waals surface area contributed by atoms with E-state index in [1.165, 1.54) is 37.8 Å². The van der Waals surface area contributed by atoms with Crippen LogP contribution in [0.15, 0.2) is 54.7 Å². The van der Waals surface area contributed by atoms with E-state index in [2.05, 4.69) is 28.3 Å². The molecule has 1 saturated carbocycles. The van der Waals surface area contributed by atoms with Crippen LogP contribution in [0.25, 0.3) is 11.3 Å². The maximum Gasteiger partial charge on any atom is 0.126 e. The van der Waals surface area contributed by atoms with Crippen LogP contribution in [0.4, 0.5) is 10.2 Å². The molecule has 2 aromatic heterocycles. The van der Waals surface area contributed by atoms with E-state index in [-0.39, 0.29) is 5.82 Å². The number of hydrogen-bond acceptors (Lipinski definition) is 5. The predicted molar refractivity (Wildman–Crippen MR) is 140 cm³/mol. The summed E-state index contributed by atoms with van der Waals surface area (Å²) in [7, 11) is 3.96. The third kappa shape index (κ3) is 7.23. The van der Waals surface area contributed by atoms with E-state index in [9.17, 15) is 4.39 Å². The summed E-state index contributed by atoms with van der Waals surface area (Å²) >= 11 is 6.53. The standard InChI is InChI=1S/C28H34ClFN4O/c1-34(13-14-35-2)24-11-9-20(10-12-24)16-23-17-25(26(29)19-31-23)27-7-4-8-28(33-27)32-18-21-5-3-6-22(30)15-21/h3-8,15,17,19-20,24H,9-14,16,18H2,1-2H3,(H,32,33). The molecular formula is C28H34ClFN4O. The summed E-state index contributed by atoms with van der Waals surface area (Å²) in [6, 6.07) is 15.1. The Morgan fingerprint density at radius 1 is 1.11 bits per heavy atom.